The van der Waals surface area contributed by atoms with Crippen LogP contribution in [0.3, 0.4) is 0 Å². The molecule has 3 rings (SSSR count). The van der Waals surface area contributed by atoms with Crippen molar-refractivity contribution < 1.29 is 19.1 Å². The lowest BCUT2D eigenvalue weighted by Crippen LogP contribution is -2.51. The Hall–Kier alpha value is -1.32. The van der Waals surface area contributed by atoms with Gasteiger partial charge < -0.3 is 9.47 Å². The van der Waals surface area contributed by atoms with Gasteiger partial charge in [0.05, 0.1) is 5.92 Å². The molecule has 4 atom stereocenters. The SMILES string of the molecule is CC(=O)OC1OC(=O)C2=CCC3C(C)(C)CCCC3(C)C21. The van der Waals surface area contributed by atoms with Gasteiger partial charge in [-0.3, -0.25) is 4.79 Å². The highest BCUT2D eigenvalue weighted by Gasteiger charge is 2.60. The minimum absolute atomic E-state index is 0.0435. The van der Waals surface area contributed by atoms with E-state index in [1.54, 1.807) is 0 Å². The van der Waals surface area contributed by atoms with Crippen LogP contribution in [0.1, 0.15) is 53.4 Å². The molecule has 0 aromatic heterocycles. The summed E-state index contributed by atoms with van der Waals surface area (Å²) in [5.41, 5.74) is 0.914. The second-order valence-corrected chi connectivity index (χ2v) is 7.66. The fourth-order valence-corrected chi connectivity index (χ4v) is 5.02. The van der Waals surface area contributed by atoms with Crippen molar-refractivity contribution >= 4 is 11.9 Å². The van der Waals surface area contributed by atoms with Crippen LogP contribution in [-0.2, 0) is 19.1 Å². The summed E-state index contributed by atoms with van der Waals surface area (Å²) >= 11 is 0. The lowest BCUT2D eigenvalue weighted by atomic mass is 9.49. The number of carbonyl (C=O) groups excluding carboxylic acids is 2. The lowest BCUT2D eigenvalue weighted by molar-refractivity contribution is -0.191. The molecule has 0 radical (unpaired) electrons. The number of hydrogen-bond acceptors (Lipinski definition) is 4. The number of carbonyl (C=O) groups is 2. The molecule has 3 aliphatic rings. The van der Waals surface area contributed by atoms with Gasteiger partial charge in [0, 0.05) is 12.5 Å². The summed E-state index contributed by atoms with van der Waals surface area (Å²) in [7, 11) is 0. The fourth-order valence-electron chi connectivity index (χ4n) is 5.02. The first-order chi connectivity index (χ1) is 9.75. The zero-order valence-electron chi connectivity index (χ0n) is 13.3. The van der Waals surface area contributed by atoms with Crippen molar-refractivity contribution in [1.29, 1.82) is 0 Å². The van der Waals surface area contributed by atoms with E-state index in [9.17, 15) is 9.59 Å². The first-order valence-electron chi connectivity index (χ1n) is 7.84. The van der Waals surface area contributed by atoms with Crippen LogP contribution < -0.4 is 0 Å². The van der Waals surface area contributed by atoms with E-state index < -0.39 is 12.3 Å². The van der Waals surface area contributed by atoms with E-state index in [0.717, 1.165) is 24.8 Å². The molecule has 2 aliphatic carbocycles. The van der Waals surface area contributed by atoms with Crippen molar-refractivity contribution in [3.8, 4) is 0 Å². The van der Waals surface area contributed by atoms with Gasteiger partial charge in [-0.25, -0.2) is 4.79 Å². The average Bonchev–Trinajstić information content (AvgIpc) is 2.65. The molecule has 1 saturated carbocycles. The molecule has 1 saturated heterocycles. The fraction of sp³-hybridized carbons (Fsp3) is 0.765. The number of esters is 2. The predicted octanol–water partition coefficient (Wildman–Crippen LogP) is 3.21. The Morgan fingerprint density at radius 3 is 2.71 bits per heavy atom. The van der Waals surface area contributed by atoms with E-state index in [4.69, 9.17) is 9.47 Å². The maximum absolute atomic E-state index is 12.1. The molecule has 0 spiro atoms. The monoisotopic (exact) mass is 292 g/mol. The van der Waals surface area contributed by atoms with Crippen LogP contribution in [0.25, 0.3) is 0 Å². The zero-order chi connectivity index (χ0) is 15.4. The number of rotatable bonds is 1. The van der Waals surface area contributed by atoms with Gasteiger partial charge in [-0.1, -0.05) is 33.3 Å². The largest absolute Gasteiger partial charge is 0.425 e. The second kappa shape index (κ2) is 4.59. The van der Waals surface area contributed by atoms with Crippen molar-refractivity contribution in [2.24, 2.45) is 22.7 Å². The standard InChI is InChI=1S/C17H24O4/c1-10(18)20-15-13-11(14(19)21-15)6-7-12-16(2,3)8-5-9-17(12,13)4/h6,12-13,15H,5,7-9H2,1-4H3. The van der Waals surface area contributed by atoms with E-state index in [-0.39, 0.29) is 22.7 Å². The summed E-state index contributed by atoms with van der Waals surface area (Å²) in [6.07, 6.45) is 5.59. The van der Waals surface area contributed by atoms with E-state index in [1.807, 2.05) is 6.08 Å². The van der Waals surface area contributed by atoms with Crippen LogP contribution in [0.5, 0.6) is 0 Å². The first-order valence-corrected chi connectivity index (χ1v) is 7.84. The summed E-state index contributed by atoms with van der Waals surface area (Å²) in [5, 5.41) is 0. The van der Waals surface area contributed by atoms with Crippen LogP contribution in [0, 0.1) is 22.7 Å². The molecule has 4 nitrogen and oxygen atoms in total. The topological polar surface area (TPSA) is 52.6 Å². The Morgan fingerprint density at radius 2 is 2.05 bits per heavy atom. The van der Waals surface area contributed by atoms with Crippen molar-refractivity contribution in [2.45, 2.75) is 59.7 Å². The highest BCUT2D eigenvalue weighted by molar-refractivity contribution is 5.92. The van der Waals surface area contributed by atoms with Crippen LogP contribution in [0.15, 0.2) is 11.6 Å². The van der Waals surface area contributed by atoms with Crippen molar-refractivity contribution in [2.75, 3.05) is 0 Å². The van der Waals surface area contributed by atoms with Crippen molar-refractivity contribution in [3.63, 3.8) is 0 Å². The van der Waals surface area contributed by atoms with Gasteiger partial charge in [0.2, 0.25) is 0 Å². The minimum atomic E-state index is -0.747. The highest BCUT2D eigenvalue weighted by Crippen LogP contribution is 2.62. The molecule has 1 heterocycles. The molecular weight excluding hydrogens is 268 g/mol. The summed E-state index contributed by atoms with van der Waals surface area (Å²) in [6.45, 7) is 8.23. The van der Waals surface area contributed by atoms with E-state index in [2.05, 4.69) is 20.8 Å². The van der Waals surface area contributed by atoms with E-state index >= 15 is 0 Å². The number of fused-ring (bicyclic) bond motifs is 3. The van der Waals surface area contributed by atoms with Gasteiger partial charge in [-0.05, 0) is 36.0 Å². The Balaban J connectivity index is 2.02. The van der Waals surface area contributed by atoms with Gasteiger partial charge >= 0.3 is 11.9 Å². The quantitative estimate of drug-likeness (QED) is 0.696. The maximum atomic E-state index is 12.1. The van der Waals surface area contributed by atoms with Crippen LogP contribution >= 0.6 is 0 Å². The van der Waals surface area contributed by atoms with Gasteiger partial charge in [0.15, 0.2) is 0 Å². The maximum Gasteiger partial charge on any atom is 0.337 e. The van der Waals surface area contributed by atoms with Gasteiger partial charge in [-0.2, -0.15) is 0 Å². The molecule has 21 heavy (non-hydrogen) atoms. The molecule has 4 unspecified atom stereocenters. The summed E-state index contributed by atoms with van der Waals surface area (Å²) in [5.74, 6) is -0.337. The van der Waals surface area contributed by atoms with Gasteiger partial charge in [0.25, 0.3) is 6.29 Å². The molecule has 0 aromatic rings. The van der Waals surface area contributed by atoms with Crippen LogP contribution in [0.4, 0.5) is 0 Å². The summed E-state index contributed by atoms with van der Waals surface area (Å²) < 4.78 is 10.7. The van der Waals surface area contributed by atoms with E-state index in [1.165, 1.54) is 13.3 Å². The highest BCUT2D eigenvalue weighted by atomic mass is 16.7. The molecular formula is C17H24O4. The molecule has 0 amide bonds. The zero-order valence-corrected chi connectivity index (χ0v) is 13.3. The third kappa shape index (κ3) is 2.11. The van der Waals surface area contributed by atoms with Crippen molar-refractivity contribution in [3.05, 3.63) is 11.6 Å². The first kappa shape index (κ1) is 14.6. The predicted molar refractivity (Wildman–Crippen MR) is 77.1 cm³/mol. The summed E-state index contributed by atoms with van der Waals surface area (Å²) in [4.78, 5) is 23.4. The normalized spacial score (nSPS) is 40.7. The second-order valence-electron chi connectivity index (χ2n) is 7.66. The van der Waals surface area contributed by atoms with Gasteiger partial charge in [0.1, 0.15) is 0 Å². The molecule has 0 N–H and O–H groups in total. The molecule has 4 heteroatoms. The van der Waals surface area contributed by atoms with E-state index in [0.29, 0.717) is 5.92 Å². The number of ether oxygens (including phenoxy) is 2. The lowest BCUT2D eigenvalue weighted by Gasteiger charge is -2.55. The van der Waals surface area contributed by atoms with Crippen LogP contribution in [-0.4, -0.2) is 18.2 Å². The molecule has 2 fully saturated rings. The molecule has 0 bridgehead atoms. The minimum Gasteiger partial charge on any atom is -0.425 e. The third-order valence-electron chi connectivity index (χ3n) is 5.91. The van der Waals surface area contributed by atoms with Gasteiger partial charge in [-0.15, -0.1) is 0 Å². The third-order valence-corrected chi connectivity index (χ3v) is 5.91. The number of hydrogen-bond donors (Lipinski definition) is 0. The molecule has 1 aliphatic heterocycles. The molecule has 0 aromatic carbocycles. The number of cyclic esters (lactones) is 1. The Kier molecular flexibility index (Phi) is 3.19. The Morgan fingerprint density at radius 1 is 1.33 bits per heavy atom. The van der Waals surface area contributed by atoms with Crippen molar-refractivity contribution in [1.82, 2.24) is 0 Å². The Bertz CT molecular complexity index is 519. The smallest absolute Gasteiger partial charge is 0.337 e. The summed E-state index contributed by atoms with van der Waals surface area (Å²) in [6, 6.07) is 0. The average molecular weight is 292 g/mol. The Labute approximate surface area is 125 Å². The number of allylic oxidation sites excluding steroid dienone is 1. The molecule has 116 valence electrons. The van der Waals surface area contributed by atoms with Crippen LogP contribution in [0.2, 0.25) is 0 Å².